The molecule has 1 aromatic heterocycles. The number of rotatable bonds is 6. The summed E-state index contributed by atoms with van der Waals surface area (Å²) < 4.78 is 5.12. The summed E-state index contributed by atoms with van der Waals surface area (Å²) >= 11 is 0. The third-order valence-electron chi connectivity index (χ3n) is 3.15. The molecule has 0 aliphatic heterocycles. The van der Waals surface area contributed by atoms with Crippen molar-refractivity contribution < 1.29 is 14.6 Å². The van der Waals surface area contributed by atoms with Gasteiger partial charge >= 0.3 is 5.97 Å². The Morgan fingerprint density at radius 2 is 1.95 bits per heavy atom. The molecule has 0 spiro atoms. The fraction of sp³-hybridized carbons (Fsp3) is 0.250. The zero-order valence-corrected chi connectivity index (χ0v) is 12.1. The molecule has 2 aromatic rings. The second-order valence-corrected chi connectivity index (χ2v) is 4.82. The molecule has 0 saturated carbocycles. The summed E-state index contributed by atoms with van der Waals surface area (Å²) in [6, 6.07) is 11.0. The standard InChI is InChI=1S/C16H18N2O3/c1-18(10-12-5-7-13(21-2)8-6-12)11-15-14(16(19)20)4-3-9-17-15/h3-9H,10-11H2,1-2H3,(H,19,20). The fourth-order valence-electron chi connectivity index (χ4n) is 2.11. The molecule has 1 heterocycles. The molecule has 5 nitrogen and oxygen atoms in total. The van der Waals surface area contributed by atoms with Gasteiger partial charge in [0.05, 0.1) is 18.4 Å². The lowest BCUT2D eigenvalue weighted by atomic mass is 10.1. The Labute approximate surface area is 123 Å². The number of pyridine rings is 1. The largest absolute Gasteiger partial charge is 0.497 e. The number of hydrogen-bond donors (Lipinski definition) is 1. The van der Waals surface area contributed by atoms with Crippen LogP contribution in [0, 0.1) is 0 Å². The van der Waals surface area contributed by atoms with Crippen LogP contribution < -0.4 is 4.74 Å². The molecule has 0 atom stereocenters. The highest BCUT2D eigenvalue weighted by atomic mass is 16.5. The van der Waals surface area contributed by atoms with Crippen molar-refractivity contribution in [3.05, 3.63) is 59.4 Å². The molecule has 2 rings (SSSR count). The van der Waals surface area contributed by atoms with Crippen LogP contribution in [0.4, 0.5) is 0 Å². The van der Waals surface area contributed by atoms with Crippen molar-refractivity contribution >= 4 is 5.97 Å². The van der Waals surface area contributed by atoms with Gasteiger partial charge in [0, 0.05) is 19.3 Å². The first kappa shape index (κ1) is 15.0. The van der Waals surface area contributed by atoms with Crippen LogP contribution in [0.5, 0.6) is 5.75 Å². The smallest absolute Gasteiger partial charge is 0.337 e. The van der Waals surface area contributed by atoms with Crippen LogP contribution in [0.2, 0.25) is 0 Å². The molecule has 1 aromatic carbocycles. The highest BCUT2D eigenvalue weighted by Gasteiger charge is 2.12. The zero-order valence-electron chi connectivity index (χ0n) is 12.1. The Hall–Kier alpha value is -2.40. The summed E-state index contributed by atoms with van der Waals surface area (Å²) in [6.45, 7) is 1.19. The number of aromatic nitrogens is 1. The third-order valence-corrected chi connectivity index (χ3v) is 3.15. The van der Waals surface area contributed by atoms with Crippen LogP contribution in [0.15, 0.2) is 42.6 Å². The molecule has 0 aliphatic rings. The number of nitrogens with zero attached hydrogens (tertiary/aromatic N) is 2. The summed E-state index contributed by atoms with van der Waals surface area (Å²) in [6.07, 6.45) is 1.61. The lowest BCUT2D eigenvalue weighted by molar-refractivity contribution is 0.0694. The highest BCUT2D eigenvalue weighted by molar-refractivity contribution is 5.88. The summed E-state index contributed by atoms with van der Waals surface area (Å²) in [5, 5.41) is 9.15. The van der Waals surface area contributed by atoms with Gasteiger partial charge in [-0.15, -0.1) is 0 Å². The maximum absolute atomic E-state index is 11.2. The van der Waals surface area contributed by atoms with Gasteiger partial charge in [-0.2, -0.15) is 0 Å². The van der Waals surface area contributed by atoms with E-state index in [1.165, 1.54) is 0 Å². The predicted molar refractivity (Wildman–Crippen MR) is 79.4 cm³/mol. The van der Waals surface area contributed by atoms with E-state index in [1.807, 2.05) is 36.2 Å². The quantitative estimate of drug-likeness (QED) is 0.883. The molecular weight excluding hydrogens is 268 g/mol. The van der Waals surface area contributed by atoms with Gasteiger partial charge in [-0.3, -0.25) is 9.88 Å². The number of aromatic carboxylic acids is 1. The second kappa shape index (κ2) is 6.85. The second-order valence-electron chi connectivity index (χ2n) is 4.82. The van der Waals surface area contributed by atoms with Crippen molar-refractivity contribution in [2.45, 2.75) is 13.1 Å². The minimum absolute atomic E-state index is 0.249. The first-order valence-corrected chi connectivity index (χ1v) is 6.59. The Kier molecular flexibility index (Phi) is 4.90. The number of carboxylic acid groups (broad SMARTS) is 1. The normalized spacial score (nSPS) is 10.6. The van der Waals surface area contributed by atoms with Gasteiger partial charge in [-0.25, -0.2) is 4.79 Å². The number of benzene rings is 1. The topological polar surface area (TPSA) is 62.7 Å². The third kappa shape index (κ3) is 4.03. The molecule has 0 aliphatic carbocycles. The molecule has 1 N–H and O–H groups in total. The Morgan fingerprint density at radius 3 is 2.57 bits per heavy atom. The van der Waals surface area contributed by atoms with Gasteiger partial charge in [0.25, 0.3) is 0 Å². The lowest BCUT2D eigenvalue weighted by Crippen LogP contribution is -2.20. The summed E-state index contributed by atoms with van der Waals surface area (Å²) in [4.78, 5) is 17.4. The van der Waals surface area contributed by atoms with Gasteiger partial charge < -0.3 is 9.84 Å². The molecule has 110 valence electrons. The maximum Gasteiger partial charge on any atom is 0.337 e. The average molecular weight is 286 g/mol. The van der Waals surface area contributed by atoms with E-state index in [1.54, 1.807) is 25.4 Å². The monoisotopic (exact) mass is 286 g/mol. The van der Waals surface area contributed by atoms with Crippen LogP contribution in [0.1, 0.15) is 21.6 Å². The maximum atomic E-state index is 11.2. The Morgan fingerprint density at radius 1 is 1.24 bits per heavy atom. The predicted octanol–water partition coefficient (Wildman–Crippen LogP) is 2.42. The fourth-order valence-corrected chi connectivity index (χ4v) is 2.11. The molecule has 0 bridgehead atoms. The number of ether oxygens (including phenoxy) is 1. The SMILES string of the molecule is COc1ccc(CN(C)Cc2ncccc2C(=O)O)cc1. The molecular formula is C16H18N2O3. The van der Waals surface area contributed by atoms with Crippen LogP contribution in [-0.4, -0.2) is 35.1 Å². The van der Waals surface area contributed by atoms with Crippen molar-refractivity contribution in [1.82, 2.24) is 9.88 Å². The van der Waals surface area contributed by atoms with Crippen molar-refractivity contribution in [2.75, 3.05) is 14.2 Å². The molecule has 0 saturated heterocycles. The van der Waals surface area contributed by atoms with E-state index in [0.29, 0.717) is 18.8 Å². The molecule has 0 radical (unpaired) electrons. The van der Waals surface area contributed by atoms with Gasteiger partial charge in [-0.05, 0) is 36.9 Å². The Balaban J connectivity index is 2.04. The van der Waals surface area contributed by atoms with Crippen LogP contribution in [-0.2, 0) is 13.1 Å². The first-order valence-electron chi connectivity index (χ1n) is 6.59. The first-order chi connectivity index (χ1) is 10.1. The molecule has 0 unspecified atom stereocenters. The number of hydrogen-bond acceptors (Lipinski definition) is 4. The minimum atomic E-state index is -0.948. The zero-order chi connectivity index (χ0) is 15.2. The lowest BCUT2D eigenvalue weighted by Gasteiger charge is -2.17. The molecule has 5 heteroatoms. The van der Waals surface area contributed by atoms with Gasteiger partial charge in [0.15, 0.2) is 0 Å². The van der Waals surface area contributed by atoms with Crippen LogP contribution in [0.25, 0.3) is 0 Å². The van der Waals surface area contributed by atoms with Crippen LogP contribution >= 0.6 is 0 Å². The van der Waals surface area contributed by atoms with E-state index in [9.17, 15) is 4.79 Å². The number of carbonyl (C=O) groups is 1. The average Bonchev–Trinajstić information content (AvgIpc) is 2.48. The highest BCUT2D eigenvalue weighted by Crippen LogP contribution is 2.14. The van der Waals surface area contributed by atoms with E-state index in [0.717, 1.165) is 11.3 Å². The molecule has 21 heavy (non-hydrogen) atoms. The van der Waals surface area contributed by atoms with Gasteiger partial charge in [0.2, 0.25) is 0 Å². The summed E-state index contributed by atoms with van der Waals surface area (Å²) in [7, 11) is 3.57. The van der Waals surface area contributed by atoms with E-state index in [4.69, 9.17) is 9.84 Å². The summed E-state index contributed by atoms with van der Waals surface area (Å²) in [5.41, 5.74) is 1.95. The van der Waals surface area contributed by atoms with E-state index in [2.05, 4.69) is 4.98 Å². The van der Waals surface area contributed by atoms with Crippen molar-refractivity contribution in [3.8, 4) is 5.75 Å². The van der Waals surface area contributed by atoms with E-state index >= 15 is 0 Å². The summed E-state index contributed by atoms with van der Waals surface area (Å²) in [5.74, 6) is -0.129. The van der Waals surface area contributed by atoms with Crippen molar-refractivity contribution in [2.24, 2.45) is 0 Å². The Bertz CT molecular complexity index is 611. The number of carboxylic acids is 1. The minimum Gasteiger partial charge on any atom is -0.497 e. The van der Waals surface area contributed by atoms with Gasteiger partial charge in [-0.1, -0.05) is 12.1 Å². The van der Waals surface area contributed by atoms with Crippen LogP contribution in [0.3, 0.4) is 0 Å². The van der Waals surface area contributed by atoms with E-state index in [-0.39, 0.29) is 5.56 Å². The van der Waals surface area contributed by atoms with Gasteiger partial charge in [0.1, 0.15) is 5.75 Å². The molecule has 0 amide bonds. The number of methoxy groups -OCH3 is 1. The van der Waals surface area contributed by atoms with E-state index < -0.39 is 5.97 Å². The van der Waals surface area contributed by atoms with Crippen molar-refractivity contribution in [3.63, 3.8) is 0 Å². The molecule has 0 fully saturated rings. The van der Waals surface area contributed by atoms with Crippen molar-refractivity contribution in [1.29, 1.82) is 0 Å².